The topological polar surface area (TPSA) is 131 Å². The van der Waals surface area contributed by atoms with E-state index in [-0.39, 0.29) is 0 Å². The van der Waals surface area contributed by atoms with Crippen molar-refractivity contribution in [2.45, 2.75) is 30.4 Å². The standard InChI is InChI=1S/C6H12O7/c7-1-2-3(8)6(11,12)4(9)5(10)13-2/h2-5,7-12H,1H2/t2-,3+,4+,5-/m1/s1. The molecule has 0 spiro atoms. The summed E-state index contributed by atoms with van der Waals surface area (Å²) in [5, 5.41) is 53.8. The van der Waals surface area contributed by atoms with Crippen LogP contribution in [0.1, 0.15) is 0 Å². The lowest BCUT2D eigenvalue weighted by Gasteiger charge is -2.42. The van der Waals surface area contributed by atoms with Crippen molar-refractivity contribution in [2.75, 3.05) is 6.61 Å². The molecular formula is C6H12O7. The lowest BCUT2D eigenvalue weighted by atomic mass is 9.95. The molecule has 0 aliphatic carbocycles. The monoisotopic (exact) mass is 196 g/mol. The fourth-order valence-electron chi connectivity index (χ4n) is 1.13. The third kappa shape index (κ3) is 1.67. The van der Waals surface area contributed by atoms with Crippen molar-refractivity contribution in [3.8, 4) is 0 Å². The van der Waals surface area contributed by atoms with Gasteiger partial charge in [-0.05, 0) is 0 Å². The van der Waals surface area contributed by atoms with Crippen LogP contribution in [-0.4, -0.2) is 67.6 Å². The van der Waals surface area contributed by atoms with Crippen LogP contribution in [0.25, 0.3) is 0 Å². The number of ether oxygens (including phenoxy) is 1. The molecule has 0 aromatic heterocycles. The van der Waals surface area contributed by atoms with Gasteiger partial charge in [-0.3, -0.25) is 0 Å². The zero-order valence-corrected chi connectivity index (χ0v) is 6.61. The zero-order chi connectivity index (χ0) is 10.2. The average Bonchev–Trinajstić information content (AvgIpc) is 2.09. The van der Waals surface area contributed by atoms with Gasteiger partial charge in [0, 0.05) is 0 Å². The van der Waals surface area contributed by atoms with Crippen LogP contribution in [0.4, 0.5) is 0 Å². The third-order valence-electron chi connectivity index (χ3n) is 1.99. The van der Waals surface area contributed by atoms with Crippen LogP contribution in [0.15, 0.2) is 0 Å². The van der Waals surface area contributed by atoms with E-state index in [1.807, 2.05) is 0 Å². The first kappa shape index (κ1) is 10.8. The normalized spacial score (nSPS) is 44.8. The molecule has 1 rings (SSSR count). The SMILES string of the molecule is OC[C@H]1O[C@@H](O)[C@H](O)C(O)(O)[C@H]1O. The summed E-state index contributed by atoms with van der Waals surface area (Å²) < 4.78 is 4.48. The molecule has 4 atom stereocenters. The summed E-state index contributed by atoms with van der Waals surface area (Å²) >= 11 is 0. The van der Waals surface area contributed by atoms with E-state index in [2.05, 4.69) is 4.74 Å². The molecule has 7 heteroatoms. The Morgan fingerprint density at radius 3 is 2.08 bits per heavy atom. The molecule has 0 unspecified atom stereocenters. The highest BCUT2D eigenvalue weighted by Gasteiger charge is 2.53. The van der Waals surface area contributed by atoms with Gasteiger partial charge >= 0.3 is 0 Å². The highest BCUT2D eigenvalue weighted by atomic mass is 16.7. The minimum atomic E-state index is -2.88. The van der Waals surface area contributed by atoms with Crippen LogP contribution >= 0.6 is 0 Å². The van der Waals surface area contributed by atoms with Gasteiger partial charge in [0.2, 0.25) is 5.79 Å². The molecule has 0 aromatic carbocycles. The Labute approximate surface area is 73.4 Å². The van der Waals surface area contributed by atoms with Crippen molar-refractivity contribution in [3.05, 3.63) is 0 Å². The van der Waals surface area contributed by atoms with E-state index in [0.717, 1.165) is 0 Å². The maximum absolute atomic E-state index is 9.13. The molecule has 6 N–H and O–H groups in total. The van der Waals surface area contributed by atoms with Gasteiger partial charge in [0.05, 0.1) is 6.61 Å². The van der Waals surface area contributed by atoms with Gasteiger partial charge in [-0.1, -0.05) is 0 Å². The Balaban J connectivity index is 2.82. The van der Waals surface area contributed by atoms with Crippen molar-refractivity contribution in [1.29, 1.82) is 0 Å². The molecule has 1 heterocycles. The molecule has 0 saturated carbocycles. The molecule has 78 valence electrons. The summed E-state index contributed by atoms with van der Waals surface area (Å²) in [5.41, 5.74) is 0. The van der Waals surface area contributed by atoms with Crippen molar-refractivity contribution in [1.82, 2.24) is 0 Å². The van der Waals surface area contributed by atoms with E-state index >= 15 is 0 Å². The Kier molecular flexibility index (Phi) is 2.88. The highest BCUT2D eigenvalue weighted by molar-refractivity contribution is 4.93. The predicted molar refractivity (Wildman–Crippen MR) is 37.1 cm³/mol. The van der Waals surface area contributed by atoms with Gasteiger partial charge in [0.1, 0.15) is 12.2 Å². The van der Waals surface area contributed by atoms with Gasteiger partial charge in [-0.15, -0.1) is 0 Å². The second-order valence-electron chi connectivity index (χ2n) is 2.92. The Bertz CT molecular complexity index is 182. The highest BCUT2D eigenvalue weighted by Crippen LogP contribution is 2.26. The largest absolute Gasteiger partial charge is 0.394 e. The summed E-state index contributed by atoms with van der Waals surface area (Å²) in [6.45, 7) is -0.701. The summed E-state index contributed by atoms with van der Waals surface area (Å²) in [6, 6.07) is 0. The minimum absolute atomic E-state index is 0.701. The summed E-state index contributed by atoms with van der Waals surface area (Å²) in [4.78, 5) is 0. The molecule has 0 aromatic rings. The van der Waals surface area contributed by atoms with Gasteiger partial charge in [-0.25, -0.2) is 0 Å². The fourth-order valence-corrected chi connectivity index (χ4v) is 1.13. The van der Waals surface area contributed by atoms with E-state index in [0.29, 0.717) is 0 Å². The van der Waals surface area contributed by atoms with E-state index in [1.54, 1.807) is 0 Å². The van der Waals surface area contributed by atoms with Crippen molar-refractivity contribution >= 4 is 0 Å². The summed E-state index contributed by atoms with van der Waals surface area (Å²) in [7, 11) is 0. The van der Waals surface area contributed by atoms with E-state index in [1.165, 1.54) is 0 Å². The van der Waals surface area contributed by atoms with Crippen molar-refractivity contribution in [3.63, 3.8) is 0 Å². The second-order valence-corrected chi connectivity index (χ2v) is 2.92. The molecule has 7 nitrogen and oxygen atoms in total. The van der Waals surface area contributed by atoms with E-state index in [9.17, 15) is 0 Å². The number of hydrogen-bond donors (Lipinski definition) is 6. The molecule has 1 aliphatic heterocycles. The Morgan fingerprint density at radius 2 is 1.62 bits per heavy atom. The van der Waals surface area contributed by atoms with Crippen LogP contribution in [0.3, 0.4) is 0 Å². The van der Waals surface area contributed by atoms with E-state index in [4.69, 9.17) is 30.6 Å². The third-order valence-corrected chi connectivity index (χ3v) is 1.99. The van der Waals surface area contributed by atoms with Crippen LogP contribution in [0.5, 0.6) is 0 Å². The molecular weight excluding hydrogens is 184 g/mol. The van der Waals surface area contributed by atoms with Gasteiger partial charge in [0.25, 0.3) is 0 Å². The molecule has 1 saturated heterocycles. The first-order valence-corrected chi connectivity index (χ1v) is 3.66. The minimum Gasteiger partial charge on any atom is -0.394 e. The predicted octanol–water partition coefficient (Wildman–Crippen LogP) is -3.90. The smallest absolute Gasteiger partial charge is 0.224 e. The van der Waals surface area contributed by atoms with Crippen LogP contribution in [0.2, 0.25) is 0 Å². The average molecular weight is 196 g/mol. The Hall–Kier alpha value is -0.280. The maximum atomic E-state index is 9.13. The van der Waals surface area contributed by atoms with Crippen LogP contribution in [0, 0.1) is 0 Å². The van der Waals surface area contributed by atoms with Gasteiger partial charge in [0.15, 0.2) is 12.4 Å². The molecule has 0 radical (unpaired) electrons. The number of aliphatic hydroxyl groups excluding tert-OH is 4. The summed E-state index contributed by atoms with van der Waals surface area (Å²) in [6.07, 6.45) is -7.11. The number of hydrogen-bond acceptors (Lipinski definition) is 7. The zero-order valence-electron chi connectivity index (χ0n) is 6.61. The number of aliphatic hydroxyl groups is 6. The molecule has 1 aliphatic rings. The van der Waals surface area contributed by atoms with Gasteiger partial charge < -0.3 is 35.4 Å². The fraction of sp³-hybridized carbons (Fsp3) is 1.00. The van der Waals surface area contributed by atoms with Crippen molar-refractivity contribution < 1.29 is 35.4 Å². The summed E-state index contributed by atoms with van der Waals surface area (Å²) in [5.74, 6) is -2.88. The molecule has 0 amide bonds. The molecule has 13 heavy (non-hydrogen) atoms. The van der Waals surface area contributed by atoms with Gasteiger partial charge in [-0.2, -0.15) is 0 Å². The van der Waals surface area contributed by atoms with Crippen molar-refractivity contribution in [2.24, 2.45) is 0 Å². The van der Waals surface area contributed by atoms with E-state index < -0.39 is 37.0 Å². The van der Waals surface area contributed by atoms with Crippen LogP contribution < -0.4 is 0 Å². The quantitative estimate of drug-likeness (QED) is 0.236. The van der Waals surface area contributed by atoms with Crippen LogP contribution in [-0.2, 0) is 4.74 Å². The Morgan fingerprint density at radius 1 is 1.08 bits per heavy atom. The number of rotatable bonds is 1. The molecule has 1 fully saturated rings. The lowest BCUT2D eigenvalue weighted by Crippen LogP contribution is -2.67. The first-order valence-electron chi connectivity index (χ1n) is 3.66. The second kappa shape index (κ2) is 3.46. The first-order chi connectivity index (χ1) is 5.91. The molecule has 0 bridgehead atoms. The maximum Gasteiger partial charge on any atom is 0.224 e. The lowest BCUT2D eigenvalue weighted by molar-refractivity contribution is -0.381.